The normalized spacial score (nSPS) is 22.1. The van der Waals surface area contributed by atoms with E-state index in [0.717, 1.165) is 25.4 Å². The Morgan fingerprint density at radius 3 is 2.94 bits per heavy atom. The number of hydrogen-bond donors (Lipinski definition) is 1. The number of methoxy groups -OCH3 is 1. The number of ether oxygens (including phenoxy) is 1. The van der Waals surface area contributed by atoms with Gasteiger partial charge in [0.15, 0.2) is 0 Å². The predicted octanol–water partition coefficient (Wildman–Crippen LogP) is 1.58. The van der Waals surface area contributed by atoms with E-state index in [1.165, 1.54) is 11.1 Å². The van der Waals surface area contributed by atoms with Crippen LogP contribution >= 0.6 is 0 Å². The van der Waals surface area contributed by atoms with Crippen molar-refractivity contribution in [2.75, 3.05) is 33.8 Å². The van der Waals surface area contributed by atoms with Gasteiger partial charge in [-0.3, -0.25) is 4.90 Å². The zero-order valence-electron chi connectivity index (χ0n) is 10.3. The third-order valence-electron chi connectivity index (χ3n) is 3.32. The SMILES string of the molecule is COc1c(C)cccc1C1CNCCN1C. The van der Waals surface area contributed by atoms with E-state index >= 15 is 0 Å². The van der Waals surface area contributed by atoms with Crippen LogP contribution in [0.5, 0.6) is 5.75 Å². The fourth-order valence-electron chi connectivity index (χ4n) is 2.37. The van der Waals surface area contributed by atoms with Crippen molar-refractivity contribution < 1.29 is 4.74 Å². The van der Waals surface area contributed by atoms with Crippen LogP contribution in [0.15, 0.2) is 18.2 Å². The maximum Gasteiger partial charge on any atom is 0.126 e. The van der Waals surface area contributed by atoms with Gasteiger partial charge in [-0.1, -0.05) is 18.2 Å². The lowest BCUT2D eigenvalue weighted by atomic mass is 10.00. The molecule has 1 aromatic carbocycles. The Kier molecular flexibility index (Phi) is 3.46. The summed E-state index contributed by atoms with van der Waals surface area (Å²) < 4.78 is 5.52. The number of para-hydroxylation sites is 1. The minimum Gasteiger partial charge on any atom is -0.496 e. The first-order valence-corrected chi connectivity index (χ1v) is 5.78. The van der Waals surface area contributed by atoms with E-state index in [2.05, 4.69) is 42.4 Å². The van der Waals surface area contributed by atoms with Gasteiger partial charge in [-0.05, 0) is 19.5 Å². The van der Waals surface area contributed by atoms with Crippen LogP contribution < -0.4 is 10.1 Å². The number of benzene rings is 1. The van der Waals surface area contributed by atoms with Gasteiger partial charge in [0.05, 0.1) is 13.2 Å². The van der Waals surface area contributed by atoms with Gasteiger partial charge in [-0.2, -0.15) is 0 Å². The van der Waals surface area contributed by atoms with Crippen molar-refractivity contribution in [2.24, 2.45) is 0 Å². The lowest BCUT2D eigenvalue weighted by molar-refractivity contribution is 0.198. The molecule has 1 unspecified atom stereocenters. The van der Waals surface area contributed by atoms with Crippen LogP contribution in [-0.4, -0.2) is 38.7 Å². The molecule has 0 aromatic heterocycles. The lowest BCUT2D eigenvalue weighted by Gasteiger charge is -2.34. The fraction of sp³-hybridized carbons (Fsp3) is 0.538. The second kappa shape index (κ2) is 4.85. The van der Waals surface area contributed by atoms with Crippen LogP contribution in [-0.2, 0) is 0 Å². The summed E-state index contributed by atoms with van der Waals surface area (Å²) in [7, 11) is 3.93. The van der Waals surface area contributed by atoms with Crippen molar-refractivity contribution in [1.82, 2.24) is 10.2 Å². The zero-order chi connectivity index (χ0) is 11.5. The average Bonchev–Trinajstić information content (AvgIpc) is 2.29. The number of rotatable bonds is 2. The van der Waals surface area contributed by atoms with Crippen molar-refractivity contribution in [3.05, 3.63) is 29.3 Å². The third kappa shape index (κ3) is 2.06. The van der Waals surface area contributed by atoms with E-state index in [1.807, 2.05) is 0 Å². The number of likely N-dealkylation sites (N-methyl/N-ethyl adjacent to an activating group) is 1. The van der Waals surface area contributed by atoms with E-state index in [1.54, 1.807) is 7.11 Å². The molecule has 1 N–H and O–H groups in total. The Hall–Kier alpha value is -1.06. The molecule has 1 heterocycles. The smallest absolute Gasteiger partial charge is 0.126 e. The zero-order valence-corrected chi connectivity index (χ0v) is 10.3. The highest BCUT2D eigenvalue weighted by atomic mass is 16.5. The van der Waals surface area contributed by atoms with Crippen LogP contribution in [0.25, 0.3) is 0 Å². The molecule has 0 amide bonds. The van der Waals surface area contributed by atoms with Gasteiger partial charge in [0, 0.05) is 25.2 Å². The molecule has 1 aliphatic rings. The molecule has 0 bridgehead atoms. The Balaban J connectivity index is 2.34. The molecule has 1 atom stereocenters. The maximum absolute atomic E-state index is 5.52. The molecule has 3 heteroatoms. The minimum absolute atomic E-state index is 0.420. The lowest BCUT2D eigenvalue weighted by Crippen LogP contribution is -2.43. The molecule has 3 nitrogen and oxygen atoms in total. The van der Waals surface area contributed by atoms with Crippen molar-refractivity contribution in [3.63, 3.8) is 0 Å². The molecule has 1 aromatic rings. The van der Waals surface area contributed by atoms with E-state index < -0.39 is 0 Å². The summed E-state index contributed by atoms with van der Waals surface area (Å²) in [5, 5.41) is 3.44. The summed E-state index contributed by atoms with van der Waals surface area (Å²) in [5.41, 5.74) is 2.50. The van der Waals surface area contributed by atoms with Crippen molar-refractivity contribution in [1.29, 1.82) is 0 Å². The standard InChI is InChI=1S/C13H20N2O/c1-10-5-4-6-11(13(10)16-3)12-9-14-7-8-15(12)2/h4-6,12,14H,7-9H2,1-3H3. The first-order valence-electron chi connectivity index (χ1n) is 5.78. The second-order valence-electron chi connectivity index (χ2n) is 4.40. The molecule has 1 fully saturated rings. The van der Waals surface area contributed by atoms with Crippen LogP contribution in [0, 0.1) is 6.92 Å². The van der Waals surface area contributed by atoms with Crippen molar-refractivity contribution in [2.45, 2.75) is 13.0 Å². The number of aryl methyl sites for hydroxylation is 1. The van der Waals surface area contributed by atoms with Gasteiger partial charge in [-0.25, -0.2) is 0 Å². The summed E-state index contributed by atoms with van der Waals surface area (Å²) in [6.45, 7) is 5.25. The number of hydrogen-bond acceptors (Lipinski definition) is 3. The van der Waals surface area contributed by atoms with Gasteiger partial charge in [-0.15, -0.1) is 0 Å². The Morgan fingerprint density at radius 2 is 2.25 bits per heavy atom. The number of nitrogens with zero attached hydrogens (tertiary/aromatic N) is 1. The maximum atomic E-state index is 5.52. The van der Waals surface area contributed by atoms with Gasteiger partial charge in [0.25, 0.3) is 0 Å². The molecule has 16 heavy (non-hydrogen) atoms. The Bertz CT molecular complexity index is 365. The number of nitrogens with one attached hydrogen (secondary N) is 1. The van der Waals surface area contributed by atoms with Crippen LogP contribution in [0.1, 0.15) is 17.2 Å². The fourth-order valence-corrected chi connectivity index (χ4v) is 2.37. The Labute approximate surface area is 97.4 Å². The Morgan fingerprint density at radius 1 is 1.44 bits per heavy atom. The molecule has 1 aliphatic heterocycles. The average molecular weight is 220 g/mol. The molecular formula is C13H20N2O. The summed E-state index contributed by atoms with van der Waals surface area (Å²) in [4.78, 5) is 2.38. The molecule has 2 rings (SSSR count). The van der Waals surface area contributed by atoms with Crippen molar-refractivity contribution >= 4 is 0 Å². The van der Waals surface area contributed by atoms with E-state index in [4.69, 9.17) is 4.74 Å². The summed E-state index contributed by atoms with van der Waals surface area (Å²) in [6, 6.07) is 6.79. The van der Waals surface area contributed by atoms with E-state index in [0.29, 0.717) is 6.04 Å². The van der Waals surface area contributed by atoms with Crippen LogP contribution in [0.2, 0.25) is 0 Å². The van der Waals surface area contributed by atoms with E-state index in [-0.39, 0.29) is 0 Å². The van der Waals surface area contributed by atoms with Gasteiger partial charge in [0.1, 0.15) is 5.75 Å². The summed E-state index contributed by atoms with van der Waals surface area (Å²) in [6.07, 6.45) is 0. The number of piperazine rings is 1. The second-order valence-corrected chi connectivity index (χ2v) is 4.40. The molecule has 0 saturated carbocycles. The topological polar surface area (TPSA) is 24.5 Å². The first-order chi connectivity index (χ1) is 7.74. The monoisotopic (exact) mass is 220 g/mol. The highest BCUT2D eigenvalue weighted by Gasteiger charge is 2.23. The predicted molar refractivity (Wildman–Crippen MR) is 66.0 cm³/mol. The van der Waals surface area contributed by atoms with Crippen molar-refractivity contribution in [3.8, 4) is 5.75 Å². The van der Waals surface area contributed by atoms with Crippen LogP contribution in [0.4, 0.5) is 0 Å². The molecule has 88 valence electrons. The quantitative estimate of drug-likeness (QED) is 0.819. The molecule has 0 radical (unpaired) electrons. The minimum atomic E-state index is 0.420. The molecular weight excluding hydrogens is 200 g/mol. The molecule has 0 spiro atoms. The summed E-state index contributed by atoms with van der Waals surface area (Å²) >= 11 is 0. The third-order valence-corrected chi connectivity index (χ3v) is 3.32. The van der Waals surface area contributed by atoms with Crippen LogP contribution in [0.3, 0.4) is 0 Å². The highest BCUT2D eigenvalue weighted by Crippen LogP contribution is 2.31. The first kappa shape index (κ1) is 11.4. The largest absolute Gasteiger partial charge is 0.496 e. The summed E-state index contributed by atoms with van der Waals surface area (Å²) in [5.74, 6) is 1.03. The molecule has 0 aliphatic carbocycles. The molecule has 1 saturated heterocycles. The van der Waals surface area contributed by atoms with E-state index in [9.17, 15) is 0 Å². The van der Waals surface area contributed by atoms with Gasteiger partial charge in [0.2, 0.25) is 0 Å². The van der Waals surface area contributed by atoms with Gasteiger partial charge >= 0.3 is 0 Å². The highest BCUT2D eigenvalue weighted by molar-refractivity contribution is 5.43. The van der Waals surface area contributed by atoms with Gasteiger partial charge < -0.3 is 10.1 Å².